The van der Waals surface area contributed by atoms with Gasteiger partial charge in [-0.3, -0.25) is 9.59 Å². The van der Waals surface area contributed by atoms with E-state index >= 15 is 0 Å². The third-order valence-electron chi connectivity index (χ3n) is 12.1. The number of ether oxygens (including phenoxy) is 3. The molecule has 1 aliphatic rings. The van der Waals surface area contributed by atoms with Gasteiger partial charge in [0, 0.05) is 19.4 Å². The highest BCUT2D eigenvalue weighted by atomic mass is 16.5. The lowest BCUT2D eigenvalue weighted by Gasteiger charge is -2.27. The molecule has 2 unspecified atom stereocenters. The summed E-state index contributed by atoms with van der Waals surface area (Å²) in [6, 6.07) is 0. The highest BCUT2D eigenvalue weighted by Gasteiger charge is 2.18. The predicted octanol–water partition coefficient (Wildman–Crippen LogP) is 13.4. The summed E-state index contributed by atoms with van der Waals surface area (Å²) in [6.45, 7) is 23.7. The van der Waals surface area contributed by atoms with Gasteiger partial charge in [-0.2, -0.15) is 0 Å². The minimum Gasteiger partial charge on any atom is -0.465 e. The van der Waals surface area contributed by atoms with Crippen molar-refractivity contribution < 1.29 is 23.8 Å². The molecule has 1 heterocycles. The van der Waals surface area contributed by atoms with E-state index in [9.17, 15) is 9.59 Å². The number of likely N-dealkylation sites (tertiary alicyclic amines) is 1. The van der Waals surface area contributed by atoms with E-state index in [1.807, 2.05) is 0 Å². The van der Waals surface area contributed by atoms with Gasteiger partial charge in [-0.25, -0.2) is 0 Å². The number of piperidine rings is 1. The van der Waals surface area contributed by atoms with Crippen LogP contribution in [0.15, 0.2) is 0 Å². The lowest BCUT2D eigenvalue weighted by molar-refractivity contribution is -0.146. The van der Waals surface area contributed by atoms with Crippen LogP contribution in [0.5, 0.6) is 0 Å². The molecule has 2 atom stereocenters. The summed E-state index contributed by atoms with van der Waals surface area (Å²) in [4.78, 5) is 27.2. The SMILES string of the molecule is CC(C)CCC(COC(=O)CCCCCCCCCC(CCCCCCCCCC(=O)OCC(CCC(C)C)C(C)C)OCCN1CCCCC1)C(C)C. The average Bonchev–Trinajstić information content (AvgIpc) is 3.12. The van der Waals surface area contributed by atoms with Crippen molar-refractivity contribution in [2.45, 2.75) is 222 Å². The second-order valence-corrected chi connectivity index (χ2v) is 18.7. The summed E-state index contributed by atoms with van der Waals surface area (Å²) in [5, 5.41) is 0. The first kappa shape index (κ1) is 50.9. The van der Waals surface area contributed by atoms with Crippen LogP contribution in [0.3, 0.4) is 0 Å². The quantitative estimate of drug-likeness (QED) is 0.0468. The molecule has 6 heteroatoms. The summed E-state index contributed by atoms with van der Waals surface area (Å²) in [7, 11) is 0. The lowest BCUT2D eigenvalue weighted by atomic mass is 9.89. The molecular weight excluding hydrogens is 671 g/mol. The molecule has 0 aliphatic carbocycles. The Bertz CT molecular complexity index is 809. The average molecular weight is 764 g/mol. The summed E-state index contributed by atoms with van der Waals surface area (Å²) in [6.07, 6.45) is 29.4. The van der Waals surface area contributed by atoms with Gasteiger partial charge < -0.3 is 19.1 Å². The van der Waals surface area contributed by atoms with Crippen LogP contribution >= 0.6 is 0 Å². The molecule has 0 spiro atoms. The van der Waals surface area contributed by atoms with Gasteiger partial charge in [0.15, 0.2) is 0 Å². The van der Waals surface area contributed by atoms with Crippen molar-refractivity contribution in [3.05, 3.63) is 0 Å². The maximum Gasteiger partial charge on any atom is 0.305 e. The van der Waals surface area contributed by atoms with Crippen molar-refractivity contribution in [2.75, 3.05) is 39.5 Å². The Morgan fingerprint density at radius 2 is 0.870 bits per heavy atom. The van der Waals surface area contributed by atoms with Gasteiger partial charge in [0.2, 0.25) is 0 Å². The van der Waals surface area contributed by atoms with Crippen LogP contribution in [0.4, 0.5) is 0 Å². The third-order valence-corrected chi connectivity index (χ3v) is 12.1. The zero-order valence-corrected chi connectivity index (χ0v) is 37.5. The van der Waals surface area contributed by atoms with Gasteiger partial charge in [0.25, 0.3) is 0 Å². The van der Waals surface area contributed by atoms with E-state index in [4.69, 9.17) is 14.2 Å². The van der Waals surface area contributed by atoms with Gasteiger partial charge in [-0.1, -0.05) is 152 Å². The highest BCUT2D eigenvalue weighted by Crippen LogP contribution is 2.23. The van der Waals surface area contributed by atoms with E-state index in [2.05, 4.69) is 60.3 Å². The number of esters is 2. The first-order valence-electron chi connectivity index (χ1n) is 23.6. The molecule has 0 radical (unpaired) electrons. The molecule has 0 aromatic rings. The second kappa shape index (κ2) is 33.9. The first-order chi connectivity index (χ1) is 26.0. The van der Waals surface area contributed by atoms with E-state index < -0.39 is 0 Å². The number of rotatable bonds is 36. The minimum atomic E-state index is -0.00607. The molecule has 54 heavy (non-hydrogen) atoms. The zero-order valence-electron chi connectivity index (χ0n) is 37.5. The van der Waals surface area contributed by atoms with E-state index in [-0.39, 0.29) is 11.9 Å². The van der Waals surface area contributed by atoms with Crippen molar-refractivity contribution in [1.82, 2.24) is 4.90 Å². The molecule has 0 N–H and O–H groups in total. The number of carbonyl (C=O) groups is 2. The van der Waals surface area contributed by atoms with Gasteiger partial charge in [-0.15, -0.1) is 0 Å². The summed E-state index contributed by atoms with van der Waals surface area (Å²) in [5.41, 5.74) is 0. The Balaban J connectivity index is 2.18. The lowest BCUT2D eigenvalue weighted by Crippen LogP contribution is -2.33. The monoisotopic (exact) mass is 764 g/mol. The number of unbranched alkanes of at least 4 members (excludes halogenated alkanes) is 12. The van der Waals surface area contributed by atoms with Crippen LogP contribution < -0.4 is 0 Å². The number of nitrogens with zero attached hydrogens (tertiary/aromatic N) is 1. The summed E-state index contributed by atoms with van der Waals surface area (Å²) < 4.78 is 17.9. The van der Waals surface area contributed by atoms with E-state index in [1.54, 1.807) is 0 Å². The fraction of sp³-hybridized carbons (Fsp3) is 0.958. The van der Waals surface area contributed by atoms with Crippen molar-refractivity contribution in [3.63, 3.8) is 0 Å². The molecule has 0 amide bonds. The number of hydrogen-bond acceptors (Lipinski definition) is 6. The van der Waals surface area contributed by atoms with E-state index in [0.717, 1.165) is 51.7 Å². The molecule has 0 bridgehead atoms. The molecule has 0 aromatic carbocycles. The smallest absolute Gasteiger partial charge is 0.305 e. The topological polar surface area (TPSA) is 65.1 Å². The molecule has 6 nitrogen and oxygen atoms in total. The number of hydrogen-bond donors (Lipinski definition) is 0. The molecule has 1 rings (SSSR count). The Kier molecular flexibility index (Phi) is 32.0. The van der Waals surface area contributed by atoms with Crippen LogP contribution in [-0.2, 0) is 23.8 Å². The van der Waals surface area contributed by atoms with Crippen LogP contribution in [-0.4, -0.2) is 62.4 Å². The largest absolute Gasteiger partial charge is 0.465 e. The molecule has 0 aromatic heterocycles. The van der Waals surface area contributed by atoms with Crippen molar-refractivity contribution >= 4 is 11.9 Å². The summed E-state index contributed by atoms with van der Waals surface area (Å²) in [5.74, 6) is 3.47. The van der Waals surface area contributed by atoms with Gasteiger partial charge >= 0.3 is 11.9 Å². The molecule has 1 fully saturated rings. The van der Waals surface area contributed by atoms with Gasteiger partial charge in [0.1, 0.15) is 0 Å². The van der Waals surface area contributed by atoms with Gasteiger partial charge in [0.05, 0.1) is 25.9 Å². The second-order valence-electron chi connectivity index (χ2n) is 18.7. The van der Waals surface area contributed by atoms with Crippen LogP contribution in [0.1, 0.15) is 216 Å². The summed E-state index contributed by atoms with van der Waals surface area (Å²) >= 11 is 0. The van der Waals surface area contributed by atoms with Crippen LogP contribution in [0.25, 0.3) is 0 Å². The van der Waals surface area contributed by atoms with Crippen molar-refractivity contribution in [3.8, 4) is 0 Å². The fourth-order valence-corrected chi connectivity index (χ4v) is 7.75. The molecular formula is C48H93NO5. The Morgan fingerprint density at radius 3 is 1.26 bits per heavy atom. The fourth-order valence-electron chi connectivity index (χ4n) is 7.75. The van der Waals surface area contributed by atoms with Crippen LogP contribution in [0, 0.1) is 35.5 Å². The van der Waals surface area contributed by atoms with Gasteiger partial charge in [-0.05, 0) is 100.0 Å². The third kappa shape index (κ3) is 30.1. The maximum atomic E-state index is 12.3. The standard InChI is InChI=1S/C48H93NO5/c1-40(2)30-32-44(42(5)6)38-53-47(50)28-22-17-13-9-11-15-20-26-46(52-37-36-49-34-24-19-25-35-49)27-21-16-12-10-14-18-23-29-48(51)54-39-45(43(7)8)33-31-41(3)4/h40-46H,9-39H2,1-8H3. The van der Waals surface area contributed by atoms with Crippen molar-refractivity contribution in [1.29, 1.82) is 0 Å². The minimum absolute atomic E-state index is 0.00607. The van der Waals surface area contributed by atoms with E-state index in [0.29, 0.717) is 67.7 Å². The molecule has 1 aliphatic heterocycles. The van der Waals surface area contributed by atoms with Crippen molar-refractivity contribution in [2.24, 2.45) is 35.5 Å². The maximum absolute atomic E-state index is 12.3. The van der Waals surface area contributed by atoms with E-state index in [1.165, 1.54) is 122 Å². The molecule has 1 saturated heterocycles. The Morgan fingerprint density at radius 1 is 0.481 bits per heavy atom. The Labute approximate surface area is 336 Å². The van der Waals surface area contributed by atoms with Crippen LogP contribution in [0.2, 0.25) is 0 Å². The molecule has 320 valence electrons. The normalized spacial score (nSPS) is 15.7. The first-order valence-corrected chi connectivity index (χ1v) is 23.6. The number of carbonyl (C=O) groups excluding carboxylic acids is 2. The molecule has 0 saturated carbocycles. The zero-order chi connectivity index (χ0) is 39.8. The Hall–Kier alpha value is -1.14. The highest BCUT2D eigenvalue weighted by molar-refractivity contribution is 5.69. The predicted molar refractivity (Wildman–Crippen MR) is 230 cm³/mol.